The Hall–Kier alpha value is -2.43. The molecule has 3 rings (SSSR count). The van der Waals surface area contributed by atoms with Gasteiger partial charge in [0.25, 0.3) is 0 Å². The molecule has 0 atom stereocenters. The molecule has 1 saturated carbocycles. The van der Waals surface area contributed by atoms with Gasteiger partial charge in [0.05, 0.1) is 11.9 Å². The summed E-state index contributed by atoms with van der Waals surface area (Å²) in [7, 11) is 0. The van der Waals surface area contributed by atoms with E-state index in [0.717, 1.165) is 43.5 Å². The summed E-state index contributed by atoms with van der Waals surface area (Å²) in [5, 5.41) is 6.23. The Balaban J connectivity index is 1.51. The second-order valence-electron chi connectivity index (χ2n) is 5.97. The number of pyridine rings is 2. The summed E-state index contributed by atoms with van der Waals surface area (Å²) in [5.74, 6) is 0.875. The first kappa shape index (κ1) is 15.5. The van der Waals surface area contributed by atoms with Crippen molar-refractivity contribution >= 4 is 17.4 Å². The Kier molecular flexibility index (Phi) is 5.19. The lowest BCUT2D eigenvalue weighted by Gasteiger charge is -2.20. The van der Waals surface area contributed by atoms with Gasteiger partial charge in [0.15, 0.2) is 0 Å². The maximum atomic E-state index is 12.2. The first-order valence-corrected chi connectivity index (χ1v) is 8.21. The van der Waals surface area contributed by atoms with E-state index >= 15 is 0 Å². The number of aromatic nitrogens is 2. The number of amides is 1. The zero-order valence-electron chi connectivity index (χ0n) is 13.2. The van der Waals surface area contributed by atoms with Gasteiger partial charge in [-0.25, -0.2) is 4.98 Å². The van der Waals surface area contributed by atoms with Gasteiger partial charge in [-0.3, -0.25) is 9.78 Å². The number of nitrogens with one attached hydrogen (secondary N) is 2. The van der Waals surface area contributed by atoms with Crippen LogP contribution in [0.25, 0.3) is 0 Å². The maximum absolute atomic E-state index is 12.2. The van der Waals surface area contributed by atoms with Gasteiger partial charge in [0.1, 0.15) is 5.82 Å². The molecule has 0 aromatic carbocycles. The molecule has 5 nitrogen and oxygen atoms in total. The van der Waals surface area contributed by atoms with Crippen LogP contribution in [0.4, 0.5) is 11.5 Å². The molecule has 0 bridgehead atoms. The maximum Gasteiger partial charge on any atom is 0.228 e. The predicted octanol–water partition coefficient (Wildman–Crippen LogP) is 3.61. The summed E-state index contributed by atoms with van der Waals surface area (Å²) in [5.41, 5.74) is 2.09. The van der Waals surface area contributed by atoms with Gasteiger partial charge in [-0.2, -0.15) is 0 Å². The Bertz CT molecular complexity index is 621. The predicted molar refractivity (Wildman–Crippen MR) is 91.0 cm³/mol. The Labute approximate surface area is 136 Å². The van der Waals surface area contributed by atoms with E-state index in [0.29, 0.717) is 5.82 Å². The molecule has 5 heteroatoms. The minimum Gasteiger partial charge on any atom is -0.380 e. The van der Waals surface area contributed by atoms with Crippen LogP contribution in [-0.4, -0.2) is 15.9 Å². The molecule has 2 N–H and O–H groups in total. The van der Waals surface area contributed by atoms with Crippen molar-refractivity contribution in [2.75, 3.05) is 10.6 Å². The van der Waals surface area contributed by atoms with E-state index in [-0.39, 0.29) is 11.8 Å². The van der Waals surface area contributed by atoms with E-state index in [1.165, 1.54) is 6.42 Å². The summed E-state index contributed by atoms with van der Waals surface area (Å²) in [6.45, 7) is 0.720. The van der Waals surface area contributed by atoms with Crippen LogP contribution in [0.5, 0.6) is 0 Å². The zero-order valence-corrected chi connectivity index (χ0v) is 13.2. The number of hydrogen-bond acceptors (Lipinski definition) is 4. The molecule has 120 valence electrons. The second-order valence-corrected chi connectivity index (χ2v) is 5.97. The molecule has 23 heavy (non-hydrogen) atoms. The van der Waals surface area contributed by atoms with Crippen molar-refractivity contribution in [3.63, 3.8) is 0 Å². The molecule has 0 radical (unpaired) electrons. The first-order valence-electron chi connectivity index (χ1n) is 8.21. The quantitative estimate of drug-likeness (QED) is 0.885. The van der Waals surface area contributed by atoms with Crippen LogP contribution in [0.3, 0.4) is 0 Å². The normalized spacial score (nSPS) is 15.1. The Morgan fingerprint density at radius 2 is 1.87 bits per heavy atom. The fourth-order valence-corrected chi connectivity index (χ4v) is 2.87. The third-order valence-electron chi connectivity index (χ3n) is 4.24. The number of rotatable bonds is 5. The third kappa shape index (κ3) is 4.52. The molecule has 1 aliphatic rings. The molecular weight excluding hydrogens is 288 g/mol. The number of hydrogen-bond donors (Lipinski definition) is 2. The van der Waals surface area contributed by atoms with Gasteiger partial charge in [-0.15, -0.1) is 0 Å². The van der Waals surface area contributed by atoms with Gasteiger partial charge in [-0.1, -0.05) is 19.3 Å². The molecule has 0 saturated heterocycles. The van der Waals surface area contributed by atoms with E-state index in [9.17, 15) is 4.79 Å². The smallest absolute Gasteiger partial charge is 0.228 e. The standard InChI is InChI=1S/C18H22N4O/c23-18(15-4-2-1-3-5-15)22-17-7-6-16(13-21-17)20-12-14-8-10-19-11-9-14/h6-11,13,15,20H,1-5,12H2,(H,21,22,23). The van der Waals surface area contributed by atoms with Gasteiger partial charge >= 0.3 is 0 Å². The molecule has 0 aliphatic heterocycles. The SMILES string of the molecule is O=C(Nc1ccc(NCc2ccncc2)cn1)C1CCCCC1. The minimum absolute atomic E-state index is 0.106. The molecule has 2 aromatic heterocycles. The van der Waals surface area contributed by atoms with E-state index in [1.54, 1.807) is 18.6 Å². The highest BCUT2D eigenvalue weighted by Crippen LogP contribution is 2.24. The van der Waals surface area contributed by atoms with Crippen LogP contribution in [-0.2, 0) is 11.3 Å². The van der Waals surface area contributed by atoms with Crippen molar-refractivity contribution < 1.29 is 4.79 Å². The van der Waals surface area contributed by atoms with Crippen LogP contribution >= 0.6 is 0 Å². The van der Waals surface area contributed by atoms with Gasteiger partial charge in [-0.05, 0) is 42.7 Å². The molecule has 1 aliphatic carbocycles. The molecule has 2 aromatic rings. The van der Waals surface area contributed by atoms with Crippen LogP contribution in [0.2, 0.25) is 0 Å². The van der Waals surface area contributed by atoms with Crippen LogP contribution in [0, 0.1) is 5.92 Å². The average molecular weight is 310 g/mol. The van der Waals surface area contributed by atoms with Gasteiger partial charge in [0, 0.05) is 24.9 Å². The monoisotopic (exact) mass is 310 g/mol. The summed E-state index contributed by atoms with van der Waals surface area (Å²) >= 11 is 0. The largest absolute Gasteiger partial charge is 0.380 e. The van der Waals surface area contributed by atoms with Crippen molar-refractivity contribution in [1.29, 1.82) is 0 Å². The first-order chi connectivity index (χ1) is 11.3. The summed E-state index contributed by atoms with van der Waals surface area (Å²) in [6, 6.07) is 7.72. The highest BCUT2D eigenvalue weighted by molar-refractivity contribution is 5.91. The Morgan fingerprint density at radius 1 is 1.09 bits per heavy atom. The molecule has 1 fully saturated rings. The van der Waals surface area contributed by atoms with E-state index in [4.69, 9.17) is 0 Å². The topological polar surface area (TPSA) is 66.9 Å². The van der Waals surface area contributed by atoms with E-state index < -0.39 is 0 Å². The lowest BCUT2D eigenvalue weighted by Crippen LogP contribution is -2.25. The molecule has 0 spiro atoms. The van der Waals surface area contributed by atoms with Crippen LogP contribution < -0.4 is 10.6 Å². The lowest BCUT2D eigenvalue weighted by atomic mass is 9.89. The molecule has 0 unspecified atom stereocenters. The third-order valence-corrected chi connectivity index (χ3v) is 4.24. The highest BCUT2D eigenvalue weighted by Gasteiger charge is 2.21. The number of carbonyl (C=O) groups excluding carboxylic acids is 1. The van der Waals surface area contributed by atoms with Crippen molar-refractivity contribution in [3.8, 4) is 0 Å². The molecular formula is C18H22N4O. The lowest BCUT2D eigenvalue weighted by molar-refractivity contribution is -0.120. The summed E-state index contributed by atoms with van der Waals surface area (Å²) < 4.78 is 0. The van der Waals surface area contributed by atoms with Crippen molar-refractivity contribution in [1.82, 2.24) is 9.97 Å². The fourth-order valence-electron chi connectivity index (χ4n) is 2.87. The highest BCUT2D eigenvalue weighted by atomic mass is 16.1. The fraction of sp³-hybridized carbons (Fsp3) is 0.389. The average Bonchev–Trinajstić information content (AvgIpc) is 2.63. The summed E-state index contributed by atoms with van der Waals surface area (Å²) in [6.07, 6.45) is 10.9. The van der Waals surface area contributed by atoms with Crippen LogP contribution in [0.1, 0.15) is 37.7 Å². The van der Waals surface area contributed by atoms with Crippen molar-refractivity contribution in [3.05, 3.63) is 48.4 Å². The Morgan fingerprint density at radius 3 is 2.57 bits per heavy atom. The number of carbonyl (C=O) groups is 1. The minimum atomic E-state index is 0.106. The molecule has 1 amide bonds. The molecule has 2 heterocycles. The second kappa shape index (κ2) is 7.72. The van der Waals surface area contributed by atoms with E-state index in [1.807, 2.05) is 24.3 Å². The van der Waals surface area contributed by atoms with Gasteiger partial charge in [0.2, 0.25) is 5.91 Å². The summed E-state index contributed by atoms with van der Waals surface area (Å²) in [4.78, 5) is 20.5. The van der Waals surface area contributed by atoms with E-state index in [2.05, 4.69) is 20.6 Å². The van der Waals surface area contributed by atoms with Crippen LogP contribution in [0.15, 0.2) is 42.9 Å². The zero-order chi connectivity index (χ0) is 15.9. The van der Waals surface area contributed by atoms with Crippen molar-refractivity contribution in [2.45, 2.75) is 38.6 Å². The van der Waals surface area contributed by atoms with Gasteiger partial charge < -0.3 is 10.6 Å². The van der Waals surface area contributed by atoms with Crippen molar-refractivity contribution in [2.24, 2.45) is 5.92 Å². The number of anilines is 2. The number of nitrogens with zero attached hydrogens (tertiary/aromatic N) is 2.